The topological polar surface area (TPSA) is 92.3 Å². The third kappa shape index (κ3) is 6.16. The van der Waals surface area contributed by atoms with Gasteiger partial charge in [-0.3, -0.25) is 9.59 Å². The van der Waals surface area contributed by atoms with E-state index in [2.05, 4.69) is 5.32 Å². The summed E-state index contributed by atoms with van der Waals surface area (Å²) in [6.07, 6.45) is 2.27. The van der Waals surface area contributed by atoms with Gasteiger partial charge in [-0.1, -0.05) is 12.5 Å². The largest absolute Gasteiger partial charge is 0.356 e. The van der Waals surface area contributed by atoms with E-state index in [-0.39, 0.29) is 16.5 Å². The number of amides is 2. The molecule has 8 heteroatoms. The summed E-state index contributed by atoms with van der Waals surface area (Å²) in [6, 6.07) is 3.07. The lowest BCUT2D eigenvalue weighted by atomic mass is 10.2. The fourth-order valence-corrected chi connectivity index (χ4v) is 3.53. The van der Waals surface area contributed by atoms with Crippen LogP contribution >= 0.6 is 11.3 Å². The van der Waals surface area contributed by atoms with Crippen LogP contribution in [0, 0.1) is 0 Å². The Hall–Kier alpha value is -1.41. The predicted octanol–water partition coefficient (Wildman–Crippen LogP) is 1.25. The van der Waals surface area contributed by atoms with E-state index in [1.807, 2.05) is 4.72 Å². The molecule has 0 unspecified atom stereocenters. The average Bonchev–Trinajstić information content (AvgIpc) is 2.87. The molecule has 0 aromatic carbocycles. The molecule has 0 radical (unpaired) electrons. The number of carbonyl (C=O) groups excluding carboxylic acids is 2. The molecule has 0 aliphatic carbocycles. The van der Waals surface area contributed by atoms with Crippen LogP contribution in [0.2, 0.25) is 0 Å². The highest BCUT2D eigenvalue weighted by Gasteiger charge is 2.17. The molecule has 2 N–H and O–H groups in total. The van der Waals surface area contributed by atoms with Crippen LogP contribution < -0.4 is 10.0 Å². The van der Waals surface area contributed by atoms with Gasteiger partial charge in [0.1, 0.15) is 4.21 Å². The molecule has 0 atom stereocenters. The van der Waals surface area contributed by atoms with Crippen molar-refractivity contribution in [3.63, 3.8) is 0 Å². The maximum absolute atomic E-state index is 11.7. The summed E-state index contributed by atoms with van der Waals surface area (Å²) >= 11 is 1.07. The fraction of sp³-hybridized carbons (Fsp3) is 0.500. The number of nitrogens with one attached hydrogen (secondary N) is 2. The van der Waals surface area contributed by atoms with Gasteiger partial charge in [0, 0.05) is 19.9 Å². The Bertz CT molecular complexity index is 538. The summed E-state index contributed by atoms with van der Waals surface area (Å²) in [5.41, 5.74) is 0. The average molecular weight is 318 g/mol. The predicted molar refractivity (Wildman–Crippen MR) is 76.8 cm³/mol. The van der Waals surface area contributed by atoms with Crippen LogP contribution in [0.3, 0.4) is 0 Å². The first-order chi connectivity index (χ1) is 9.42. The van der Waals surface area contributed by atoms with Gasteiger partial charge in [0.25, 0.3) is 10.0 Å². The molecule has 112 valence electrons. The molecule has 1 aromatic heterocycles. The molecular formula is C12H18N2O4S2. The van der Waals surface area contributed by atoms with E-state index in [0.717, 1.165) is 24.2 Å². The summed E-state index contributed by atoms with van der Waals surface area (Å²) in [7, 11) is -3.71. The summed E-state index contributed by atoms with van der Waals surface area (Å²) in [5, 5.41) is 4.30. The van der Waals surface area contributed by atoms with Gasteiger partial charge >= 0.3 is 0 Å². The van der Waals surface area contributed by atoms with Crippen molar-refractivity contribution in [2.45, 2.75) is 36.8 Å². The molecule has 2 amide bonds. The zero-order valence-corrected chi connectivity index (χ0v) is 12.9. The van der Waals surface area contributed by atoms with E-state index >= 15 is 0 Å². The van der Waals surface area contributed by atoms with E-state index in [0.29, 0.717) is 13.0 Å². The van der Waals surface area contributed by atoms with E-state index in [4.69, 9.17) is 0 Å². The summed E-state index contributed by atoms with van der Waals surface area (Å²) in [4.78, 5) is 22.2. The number of unbranched alkanes of at least 4 members (excludes halogenated alkanes) is 2. The normalized spacial score (nSPS) is 11.1. The number of rotatable bonds is 8. The second-order valence-electron chi connectivity index (χ2n) is 4.25. The first-order valence-electron chi connectivity index (χ1n) is 6.25. The number of hydrogen-bond acceptors (Lipinski definition) is 5. The van der Waals surface area contributed by atoms with Gasteiger partial charge in [0.2, 0.25) is 11.8 Å². The second-order valence-corrected chi connectivity index (χ2v) is 7.11. The minimum Gasteiger partial charge on any atom is -0.356 e. The van der Waals surface area contributed by atoms with Crippen molar-refractivity contribution in [3.8, 4) is 0 Å². The number of thiophene rings is 1. The lowest BCUT2D eigenvalue weighted by molar-refractivity contribution is -0.120. The first-order valence-corrected chi connectivity index (χ1v) is 8.61. The van der Waals surface area contributed by atoms with E-state index in [9.17, 15) is 18.0 Å². The Labute approximate surface area is 122 Å². The summed E-state index contributed by atoms with van der Waals surface area (Å²) in [6.45, 7) is 2.02. The molecule has 0 bridgehead atoms. The molecule has 1 rings (SSSR count). The lowest BCUT2D eigenvalue weighted by Gasteiger charge is -2.05. The standard InChI is InChI=1S/C12H18N2O4S2/c1-10(15)13-8-4-2-3-6-11(16)14-20(17,18)12-7-5-9-19-12/h5,7,9H,2-4,6,8H2,1H3,(H,13,15)(H,14,16). The molecule has 0 spiro atoms. The Kier molecular flexibility index (Phi) is 6.66. The molecule has 0 saturated carbocycles. The maximum Gasteiger partial charge on any atom is 0.273 e. The fourth-order valence-electron chi connectivity index (χ4n) is 1.52. The molecular weight excluding hydrogens is 300 g/mol. The van der Waals surface area contributed by atoms with Crippen molar-refractivity contribution >= 4 is 33.2 Å². The Morgan fingerprint density at radius 3 is 2.60 bits per heavy atom. The number of hydrogen-bond donors (Lipinski definition) is 2. The van der Waals surface area contributed by atoms with Crippen LogP contribution in [-0.2, 0) is 19.6 Å². The maximum atomic E-state index is 11.7. The van der Waals surface area contributed by atoms with Crippen molar-refractivity contribution < 1.29 is 18.0 Å². The molecule has 0 aliphatic rings. The smallest absolute Gasteiger partial charge is 0.273 e. The number of sulfonamides is 1. The van der Waals surface area contributed by atoms with Gasteiger partial charge in [0.05, 0.1) is 0 Å². The van der Waals surface area contributed by atoms with Crippen LogP contribution in [0.5, 0.6) is 0 Å². The van der Waals surface area contributed by atoms with Crippen molar-refractivity contribution in [3.05, 3.63) is 17.5 Å². The summed E-state index contributed by atoms with van der Waals surface area (Å²) < 4.78 is 25.7. The second kappa shape index (κ2) is 8.01. The van der Waals surface area contributed by atoms with Gasteiger partial charge < -0.3 is 5.32 Å². The molecule has 6 nitrogen and oxygen atoms in total. The highest BCUT2D eigenvalue weighted by atomic mass is 32.2. The van der Waals surface area contributed by atoms with Gasteiger partial charge in [-0.25, -0.2) is 13.1 Å². The van der Waals surface area contributed by atoms with E-state index in [1.165, 1.54) is 13.0 Å². The van der Waals surface area contributed by atoms with Gasteiger partial charge in [0.15, 0.2) is 0 Å². The molecule has 0 aliphatic heterocycles. The molecule has 0 saturated heterocycles. The van der Waals surface area contributed by atoms with Gasteiger partial charge in [-0.05, 0) is 24.3 Å². The van der Waals surface area contributed by atoms with Crippen LogP contribution in [0.15, 0.2) is 21.7 Å². The van der Waals surface area contributed by atoms with Crippen molar-refractivity contribution in [2.24, 2.45) is 0 Å². The monoisotopic (exact) mass is 318 g/mol. The highest BCUT2D eigenvalue weighted by molar-refractivity contribution is 7.92. The van der Waals surface area contributed by atoms with Crippen LogP contribution in [-0.4, -0.2) is 26.8 Å². The molecule has 0 fully saturated rings. The molecule has 20 heavy (non-hydrogen) atoms. The zero-order valence-electron chi connectivity index (χ0n) is 11.2. The van der Waals surface area contributed by atoms with Crippen molar-refractivity contribution in [2.75, 3.05) is 6.54 Å². The van der Waals surface area contributed by atoms with Crippen LogP contribution in [0.1, 0.15) is 32.6 Å². The highest BCUT2D eigenvalue weighted by Crippen LogP contribution is 2.15. The Morgan fingerprint density at radius 1 is 1.25 bits per heavy atom. The quantitative estimate of drug-likeness (QED) is 0.706. The third-order valence-corrected chi connectivity index (χ3v) is 5.23. The zero-order chi connectivity index (χ0) is 15.0. The third-order valence-electron chi connectivity index (χ3n) is 2.46. The van der Waals surface area contributed by atoms with E-state index in [1.54, 1.807) is 11.4 Å². The van der Waals surface area contributed by atoms with Crippen LogP contribution in [0.4, 0.5) is 0 Å². The van der Waals surface area contributed by atoms with Gasteiger partial charge in [-0.15, -0.1) is 11.3 Å². The van der Waals surface area contributed by atoms with Gasteiger partial charge in [-0.2, -0.15) is 0 Å². The first kappa shape index (κ1) is 16.6. The molecule has 1 heterocycles. The Balaban J connectivity index is 2.22. The Morgan fingerprint density at radius 2 is 2.00 bits per heavy atom. The molecule has 1 aromatic rings. The minimum absolute atomic E-state index is 0.0789. The minimum atomic E-state index is -3.71. The van der Waals surface area contributed by atoms with E-state index < -0.39 is 15.9 Å². The SMILES string of the molecule is CC(=O)NCCCCCC(=O)NS(=O)(=O)c1cccs1. The van der Waals surface area contributed by atoms with Crippen molar-refractivity contribution in [1.82, 2.24) is 10.0 Å². The van der Waals surface area contributed by atoms with Crippen molar-refractivity contribution in [1.29, 1.82) is 0 Å². The summed E-state index contributed by atoms with van der Waals surface area (Å²) in [5.74, 6) is -0.581. The van der Waals surface area contributed by atoms with Crippen LogP contribution in [0.25, 0.3) is 0 Å². The lowest BCUT2D eigenvalue weighted by Crippen LogP contribution is -2.29. The number of carbonyl (C=O) groups is 2.